The van der Waals surface area contributed by atoms with Crippen LogP contribution in [0.2, 0.25) is 30.5 Å². The van der Waals surface area contributed by atoms with Crippen LogP contribution >= 0.6 is 69.6 Å². The number of halogens is 6. The molecule has 16 rings (SSSR count). The van der Waals surface area contributed by atoms with Crippen molar-refractivity contribution in [3.63, 3.8) is 0 Å². The first-order chi connectivity index (χ1) is 45.2. The van der Waals surface area contributed by atoms with E-state index >= 15 is 0 Å². The van der Waals surface area contributed by atoms with Crippen LogP contribution in [0.25, 0.3) is 89.3 Å². The Morgan fingerprint density at radius 3 is 1.43 bits per heavy atom. The molecule has 97 heavy (non-hydrogen) atoms. The van der Waals surface area contributed by atoms with Crippen molar-refractivity contribution in [2.24, 2.45) is 14.1 Å². The normalized spacial score (nSPS) is 14.8. The molecule has 3 aliphatic rings. The van der Waals surface area contributed by atoms with Gasteiger partial charge < -0.3 is 46.6 Å². The summed E-state index contributed by atoms with van der Waals surface area (Å²) in [6, 6.07) is 49.8. The summed E-state index contributed by atoms with van der Waals surface area (Å²) in [6.45, 7) is 13.9. The van der Waals surface area contributed by atoms with E-state index in [1.807, 2.05) is 110 Å². The number of benzene rings is 4. The maximum Gasteiger partial charge on any atom is 0.495 e. The Labute approximate surface area is 610 Å². The second kappa shape index (κ2) is 32.0. The summed E-state index contributed by atoms with van der Waals surface area (Å²) in [7, 11) is 3.60. The second-order valence-electron chi connectivity index (χ2n) is 23.7. The van der Waals surface area contributed by atoms with Crippen molar-refractivity contribution in [2.75, 3.05) is 36.5 Å². The molecule has 2 saturated heterocycles. The zero-order chi connectivity index (χ0) is 65.8. The maximum atomic E-state index is 6.32. The first kappa shape index (κ1) is 73.7. The smallest absolute Gasteiger partial charge is 0.399 e. The Kier molecular flexibility index (Phi) is 24.3. The molecule has 2 fully saturated rings. The van der Waals surface area contributed by atoms with E-state index in [9.17, 15) is 0 Å². The molecule has 24 heteroatoms. The minimum atomic E-state index is -0.271. The van der Waals surface area contributed by atoms with E-state index in [0.717, 1.165) is 117 Å². The SMILES string of the molecule is C.CC1(C)OB(c2cccc3c2CCN3)OC1(C)C.C[C@@H]1COCCN1c1cc(-c2cccc3[nH]ccc23)nc(-c2ccnn2C)c1.Clc1cc(Cl)nc(-c2cccc3[nH]ccc23)c1.Clc1cc(Cl)nc(Cl)c1.Cn1nccc1-c1cc(Cl)cc(-c2cccc3[nH]ccc23)n1.[CH3-].[W]. The summed E-state index contributed by atoms with van der Waals surface area (Å²) in [5.41, 5.74) is 17.1. The average Bonchev–Trinajstić information content (AvgIpc) is 1.76. The van der Waals surface area contributed by atoms with Crippen molar-refractivity contribution in [1.82, 2.24) is 54.4 Å². The number of aryl methyl sites for hydroxylation is 2. The predicted molar refractivity (Wildman–Crippen MR) is 398 cm³/mol. The van der Waals surface area contributed by atoms with Crippen LogP contribution < -0.4 is 15.7 Å². The topological polar surface area (TPSA) is 178 Å². The summed E-state index contributed by atoms with van der Waals surface area (Å²) < 4.78 is 21.6. The second-order valence-corrected chi connectivity index (χ2v) is 26.2. The quantitative estimate of drug-likeness (QED) is 0.0678. The molecule has 0 radical (unpaired) electrons. The molecule has 3 aliphatic heterocycles. The zero-order valence-electron chi connectivity index (χ0n) is 53.9. The molecule has 9 aromatic heterocycles. The number of morpholine rings is 1. The van der Waals surface area contributed by atoms with Crippen molar-refractivity contribution in [3.05, 3.63) is 226 Å². The number of nitrogens with one attached hydrogen (secondary N) is 4. The van der Waals surface area contributed by atoms with Gasteiger partial charge in [-0.1, -0.05) is 126 Å². The summed E-state index contributed by atoms with van der Waals surface area (Å²) in [5.74, 6) is 0. The largest absolute Gasteiger partial charge is 0.495 e. The van der Waals surface area contributed by atoms with Crippen molar-refractivity contribution < 1.29 is 35.1 Å². The van der Waals surface area contributed by atoms with Gasteiger partial charge in [0, 0.05) is 161 Å². The van der Waals surface area contributed by atoms with Crippen molar-refractivity contribution in [3.8, 4) is 56.5 Å². The number of aromatic amines is 3. The number of nitrogens with zero attached hydrogens (tertiary/aromatic N) is 9. The van der Waals surface area contributed by atoms with E-state index in [1.165, 1.54) is 39.9 Å². The molecule has 4 aromatic carbocycles. The summed E-state index contributed by atoms with van der Waals surface area (Å²) >= 11 is 34.7. The van der Waals surface area contributed by atoms with Gasteiger partial charge in [0.2, 0.25) is 0 Å². The van der Waals surface area contributed by atoms with Gasteiger partial charge in [-0.3, -0.25) is 9.36 Å². The Balaban J connectivity index is 0.000000146. The number of pyridine rings is 4. The Morgan fingerprint density at radius 1 is 0.526 bits per heavy atom. The van der Waals surface area contributed by atoms with Crippen LogP contribution in [0, 0.1) is 7.43 Å². The third kappa shape index (κ3) is 16.8. The van der Waals surface area contributed by atoms with E-state index in [4.69, 9.17) is 93.6 Å². The molecular formula is C73H73BCl6N13O3W-. The summed E-state index contributed by atoms with van der Waals surface area (Å²) in [5, 5.41) is 18.1. The average molecular weight is 1590 g/mol. The van der Waals surface area contributed by atoms with Crippen molar-refractivity contribution in [2.45, 2.75) is 65.7 Å². The Hall–Kier alpha value is -7.51. The van der Waals surface area contributed by atoms with Gasteiger partial charge >= 0.3 is 7.12 Å². The Morgan fingerprint density at radius 2 is 0.959 bits per heavy atom. The molecule has 12 heterocycles. The molecular weight excluding hydrogens is 1510 g/mol. The van der Waals surface area contributed by atoms with Gasteiger partial charge in [-0.2, -0.15) is 10.2 Å². The molecule has 0 spiro atoms. The van der Waals surface area contributed by atoms with Gasteiger partial charge in [-0.25, -0.2) is 19.9 Å². The number of hydrogen-bond donors (Lipinski definition) is 4. The van der Waals surface area contributed by atoms with Gasteiger partial charge in [0.15, 0.2) is 0 Å². The first-order valence-corrected chi connectivity index (χ1v) is 32.8. The minimum absolute atomic E-state index is 0. The predicted octanol–water partition coefficient (Wildman–Crippen LogP) is 18.8. The molecule has 0 amide bonds. The molecule has 0 unspecified atom stereocenters. The van der Waals surface area contributed by atoms with Crippen LogP contribution in [0.3, 0.4) is 0 Å². The molecule has 0 saturated carbocycles. The third-order valence-electron chi connectivity index (χ3n) is 17.0. The maximum absolute atomic E-state index is 6.32. The Bertz CT molecular complexity index is 4750. The van der Waals surface area contributed by atoms with Gasteiger partial charge in [-0.05, 0) is 155 Å². The van der Waals surface area contributed by atoms with Crippen molar-refractivity contribution in [1.29, 1.82) is 0 Å². The standard InChI is InChI=1S/C22H23N5O.C17H13ClN4.C14H20BNO2.C13H8Cl2N2.C5H2Cl3N.CH4.CH3.W/c1-15-14-28-11-10-27(15)16-12-20(17-4-3-5-19-18(17)6-8-23-19)25-21(13-16)22-7-9-24-26(22)2;1-22-17(6-8-20-22)16-10-11(18)9-15(21-16)12-3-2-4-14-13(12)5-7-19-14;1-13(2)14(3,4)18-15(17-13)11-6-5-7-12-10(11)8-9-16-12;14-8-6-12(17-13(15)7-8)9-2-1-3-11-10(9)4-5-16-11;6-3-1-4(7)9-5(8)2-3;;;/h3-9,12-13,15,23H,10-11,14H2,1-2H3;2-10,19H,1H3;5-7,16H,8-9H2,1-4H3;1-7,16H;1-2H;1H4;1H3;/q;;;;;;-1;/t15-;;;;;;;/m1......./s1. The van der Waals surface area contributed by atoms with Crippen molar-refractivity contribution >= 4 is 126 Å². The van der Waals surface area contributed by atoms with E-state index in [1.54, 1.807) is 16.9 Å². The first-order valence-electron chi connectivity index (χ1n) is 30.5. The van der Waals surface area contributed by atoms with E-state index in [2.05, 4.69) is 147 Å². The fourth-order valence-corrected chi connectivity index (χ4v) is 13.1. The molecule has 1 atom stereocenters. The zero-order valence-corrected chi connectivity index (χ0v) is 61.4. The van der Waals surface area contributed by atoms with E-state index in [0.29, 0.717) is 36.6 Å². The molecule has 0 bridgehead atoms. The van der Waals surface area contributed by atoms with Crippen LogP contribution in [-0.2, 0) is 55.6 Å². The van der Waals surface area contributed by atoms with Gasteiger partial charge in [-0.15, -0.1) is 0 Å². The minimum Gasteiger partial charge on any atom is -0.399 e. The number of ether oxygens (including phenoxy) is 1. The van der Waals surface area contributed by atoms with Gasteiger partial charge in [0.05, 0.1) is 64.3 Å². The van der Waals surface area contributed by atoms with Crippen LogP contribution in [0.4, 0.5) is 11.4 Å². The number of aromatic nitrogens is 11. The number of fused-ring (bicyclic) bond motifs is 4. The van der Waals surface area contributed by atoms with Crippen LogP contribution in [-0.4, -0.2) is 105 Å². The molecule has 13 aromatic rings. The van der Waals surface area contributed by atoms with Crippen LogP contribution in [0.5, 0.6) is 0 Å². The third-order valence-corrected chi connectivity index (χ3v) is 18.2. The summed E-state index contributed by atoms with van der Waals surface area (Å²) in [6.07, 6.45) is 10.4. The van der Waals surface area contributed by atoms with E-state index < -0.39 is 0 Å². The number of H-pyrrole nitrogens is 3. The fourth-order valence-electron chi connectivity index (χ4n) is 11.6. The molecule has 4 N–H and O–H groups in total. The van der Waals surface area contributed by atoms with E-state index in [-0.39, 0.29) is 54.2 Å². The summed E-state index contributed by atoms with van der Waals surface area (Å²) in [4.78, 5) is 29.9. The molecule has 0 aliphatic carbocycles. The van der Waals surface area contributed by atoms with Crippen LogP contribution in [0.15, 0.2) is 183 Å². The molecule has 16 nitrogen and oxygen atoms in total. The fraction of sp³-hybridized carbons (Fsp3) is 0.219. The number of anilines is 2. The molecule has 500 valence electrons. The van der Waals surface area contributed by atoms with Gasteiger partial charge in [0.25, 0.3) is 0 Å². The van der Waals surface area contributed by atoms with Crippen LogP contribution in [0.1, 0.15) is 47.6 Å². The van der Waals surface area contributed by atoms with Gasteiger partial charge in [0.1, 0.15) is 15.5 Å². The monoisotopic (exact) mass is 1580 g/mol. The number of hydrogen-bond acceptors (Lipinski definition) is 11. The number of rotatable bonds is 7.